The lowest BCUT2D eigenvalue weighted by atomic mass is 9.75. The molecule has 146 valence electrons. The van der Waals surface area contributed by atoms with Gasteiger partial charge in [-0.15, -0.1) is 0 Å². The maximum Gasteiger partial charge on any atom is 0.339 e. The molecule has 3 heterocycles. The standard InChI is InChI=1S/C21H18N4O3S/c26-17(23-20-24-18(29-25-20)14-4-2-1-3-5-14)13-6-9-21(10-7-13)16-12-22-11-8-15(16)19(27)28-21/h1-5,8,11-13H,6-7,9-10H2,(H,23,25,26). The average Bonchev–Trinajstić information content (AvgIpc) is 3.33. The highest BCUT2D eigenvalue weighted by Gasteiger charge is 2.48. The Labute approximate surface area is 171 Å². The summed E-state index contributed by atoms with van der Waals surface area (Å²) in [5, 5.41) is 3.61. The second-order valence-corrected chi connectivity index (χ2v) is 8.11. The fraction of sp³-hybridized carbons (Fsp3) is 0.286. The van der Waals surface area contributed by atoms with Gasteiger partial charge < -0.3 is 4.74 Å². The zero-order valence-corrected chi connectivity index (χ0v) is 16.3. The number of pyridine rings is 1. The molecular weight excluding hydrogens is 388 g/mol. The van der Waals surface area contributed by atoms with Crippen molar-refractivity contribution >= 4 is 29.4 Å². The summed E-state index contributed by atoms with van der Waals surface area (Å²) in [6, 6.07) is 11.4. The molecule has 0 unspecified atom stereocenters. The van der Waals surface area contributed by atoms with Crippen molar-refractivity contribution in [2.75, 3.05) is 5.32 Å². The van der Waals surface area contributed by atoms with Crippen LogP contribution in [0.25, 0.3) is 10.6 Å². The van der Waals surface area contributed by atoms with Crippen LogP contribution in [0.1, 0.15) is 41.6 Å². The molecule has 2 aromatic heterocycles. The number of aromatic nitrogens is 3. The molecule has 2 aliphatic rings. The van der Waals surface area contributed by atoms with Crippen LogP contribution in [-0.4, -0.2) is 26.2 Å². The van der Waals surface area contributed by atoms with E-state index in [2.05, 4.69) is 19.7 Å². The van der Waals surface area contributed by atoms with Crippen molar-refractivity contribution in [1.82, 2.24) is 14.3 Å². The van der Waals surface area contributed by atoms with Crippen LogP contribution in [0.3, 0.4) is 0 Å². The number of fused-ring (bicyclic) bond motifs is 2. The van der Waals surface area contributed by atoms with Crippen LogP contribution < -0.4 is 5.32 Å². The summed E-state index contributed by atoms with van der Waals surface area (Å²) in [5.41, 5.74) is 1.76. The van der Waals surface area contributed by atoms with E-state index in [4.69, 9.17) is 4.74 Å². The molecule has 1 amide bonds. The van der Waals surface area contributed by atoms with Crippen molar-refractivity contribution in [3.05, 3.63) is 59.9 Å². The lowest BCUT2D eigenvalue weighted by Gasteiger charge is -2.35. The zero-order valence-electron chi connectivity index (χ0n) is 15.5. The van der Waals surface area contributed by atoms with Gasteiger partial charge in [0.25, 0.3) is 0 Å². The molecule has 0 bridgehead atoms. The lowest BCUT2D eigenvalue weighted by molar-refractivity contribution is -0.122. The van der Waals surface area contributed by atoms with Crippen molar-refractivity contribution in [3.8, 4) is 10.6 Å². The Morgan fingerprint density at radius 3 is 2.76 bits per heavy atom. The summed E-state index contributed by atoms with van der Waals surface area (Å²) < 4.78 is 9.98. The molecule has 7 nitrogen and oxygen atoms in total. The number of nitrogens with zero attached hydrogens (tertiary/aromatic N) is 3. The van der Waals surface area contributed by atoms with Gasteiger partial charge in [-0.3, -0.25) is 15.1 Å². The first kappa shape index (κ1) is 17.9. The number of carbonyl (C=O) groups excluding carboxylic acids is 2. The van der Waals surface area contributed by atoms with Crippen LogP contribution in [0.15, 0.2) is 48.8 Å². The van der Waals surface area contributed by atoms with Crippen LogP contribution in [0.5, 0.6) is 0 Å². The Bertz CT molecular complexity index is 1070. The molecule has 1 aromatic carbocycles. The van der Waals surface area contributed by atoms with E-state index < -0.39 is 5.60 Å². The van der Waals surface area contributed by atoms with E-state index in [1.807, 2.05) is 30.3 Å². The van der Waals surface area contributed by atoms with Gasteiger partial charge in [-0.2, -0.15) is 9.36 Å². The Kier molecular flexibility index (Phi) is 4.35. The highest BCUT2D eigenvalue weighted by Crippen LogP contribution is 2.47. The molecule has 8 heteroatoms. The van der Waals surface area contributed by atoms with Gasteiger partial charge in [0, 0.05) is 29.4 Å². The number of amides is 1. The minimum atomic E-state index is -0.642. The predicted molar refractivity (Wildman–Crippen MR) is 107 cm³/mol. The van der Waals surface area contributed by atoms with Gasteiger partial charge in [-0.05, 0) is 43.3 Å². The minimum Gasteiger partial charge on any atom is -0.450 e. The van der Waals surface area contributed by atoms with Crippen molar-refractivity contribution in [2.45, 2.75) is 31.3 Å². The van der Waals surface area contributed by atoms with Crippen molar-refractivity contribution in [1.29, 1.82) is 0 Å². The van der Waals surface area contributed by atoms with E-state index in [0.717, 1.165) is 16.1 Å². The highest BCUT2D eigenvalue weighted by atomic mass is 32.1. The van der Waals surface area contributed by atoms with Crippen molar-refractivity contribution < 1.29 is 14.3 Å². The number of ether oxygens (including phenoxy) is 1. The van der Waals surface area contributed by atoms with E-state index in [1.54, 1.807) is 18.5 Å². The highest BCUT2D eigenvalue weighted by molar-refractivity contribution is 7.09. The molecule has 1 fully saturated rings. The fourth-order valence-electron chi connectivity index (χ4n) is 4.13. The van der Waals surface area contributed by atoms with Crippen LogP contribution >= 0.6 is 11.5 Å². The van der Waals surface area contributed by atoms with Crippen LogP contribution in [-0.2, 0) is 15.1 Å². The number of anilines is 1. The molecule has 0 saturated heterocycles. The first-order valence-electron chi connectivity index (χ1n) is 9.52. The topological polar surface area (TPSA) is 94.1 Å². The number of hydrogen-bond donors (Lipinski definition) is 1. The Morgan fingerprint density at radius 1 is 1.17 bits per heavy atom. The summed E-state index contributed by atoms with van der Waals surface area (Å²) in [7, 11) is 0. The van der Waals surface area contributed by atoms with E-state index in [-0.39, 0.29) is 17.8 Å². The molecular formula is C21H18N4O3S. The van der Waals surface area contributed by atoms with E-state index in [1.165, 1.54) is 11.5 Å². The molecule has 1 N–H and O–H groups in total. The molecule has 1 spiro atoms. The first-order valence-corrected chi connectivity index (χ1v) is 10.3. The van der Waals surface area contributed by atoms with E-state index >= 15 is 0 Å². The van der Waals surface area contributed by atoms with E-state index in [9.17, 15) is 9.59 Å². The molecule has 5 rings (SSSR count). The summed E-state index contributed by atoms with van der Waals surface area (Å²) in [5.74, 6) is -0.219. The molecule has 29 heavy (non-hydrogen) atoms. The van der Waals surface area contributed by atoms with Gasteiger partial charge in [0.05, 0.1) is 5.56 Å². The third-order valence-electron chi connectivity index (χ3n) is 5.67. The fourth-order valence-corrected chi connectivity index (χ4v) is 4.75. The number of benzene rings is 1. The molecule has 0 atom stereocenters. The van der Waals surface area contributed by atoms with Gasteiger partial charge in [0.1, 0.15) is 10.6 Å². The summed E-state index contributed by atoms with van der Waals surface area (Å²) in [6.45, 7) is 0. The lowest BCUT2D eigenvalue weighted by Crippen LogP contribution is -2.36. The predicted octanol–water partition coefficient (Wildman–Crippen LogP) is 3.79. The summed E-state index contributed by atoms with van der Waals surface area (Å²) in [4.78, 5) is 33.5. The van der Waals surface area contributed by atoms with E-state index in [0.29, 0.717) is 37.2 Å². The van der Waals surface area contributed by atoms with Gasteiger partial charge in [-0.25, -0.2) is 4.79 Å². The Hall–Kier alpha value is -3.13. The normalized spacial score (nSPS) is 22.9. The minimum absolute atomic E-state index is 0.0898. The maximum absolute atomic E-state index is 12.7. The zero-order chi connectivity index (χ0) is 19.8. The van der Waals surface area contributed by atoms with Gasteiger partial charge in [0.15, 0.2) is 0 Å². The van der Waals surface area contributed by atoms with Gasteiger partial charge in [-0.1, -0.05) is 30.3 Å². The monoisotopic (exact) mass is 406 g/mol. The number of esters is 1. The second kappa shape index (κ2) is 7.04. The number of rotatable bonds is 3. The Morgan fingerprint density at radius 2 is 1.97 bits per heavy atom. The molecule has 0 radical (unpaired) electrons. The van der Waals surface area contributed by atoms with Crippen LogP contribution in [0.4, 0.5) is 5.95 Å². The van der Waals surface area contributed by atoms with Gasteiger partial charge in [0.2, 0.25) is 11.9 Å². The summed E-state index contributed by atoms with van der Waals surface area (Å²) in [6.07, 6.45) is 5.78. The first-order chi connectivity index (χ1) is 14.1. The van der Waals surface area contributed by atoms with Crippen LogP contribution in [0.2, 0.25) is 0 Å². The number of hydrogen-bond acceptors (Lipinski definition) is 7. The quantitative estimate of drug-likeness (QED) is 0.665. The number of nitrogens with one attached hydrogen (secondary N) is 1. The summed E-state index contributed by atoms with van der Waals surface area (Å²) >= 11 is 1.26. The SMILES string of the molecule is O=C1OC2(CCC(C(=O)Nc3nsc(-c4ccccc4)n3)CC2)c2cnccc21. The third-order valence-corrected chi connectivity index (χ3v) is 6.43. The average molecular weight is 406 g/mol. The van der Waals surface area contributed by atoms with Crippen molar-refractivity contribution in [3.63, 3.8) is 0 Å². The number of carbonyl (C=O) groups is 2. The third kappa shape index (κ3) is 3.19. The molecule has 1 saturated carbocycles. The van der Waals surface area contributed by atoms with Crippen molar-refractivity contribution in [2.24, 2.45) is 5.92 Å². The maximum atomic E-state index is 12.7. The second-order valence-electron chi connectivity index (χ2n) is 7.36. The largest absolute Gasteiger partial charge is 0.450 e. The van der Waals surface area contributed by atoms with Crippen LogP contribution in [0, 0.1) is 5.92 Å². The Balaban J connectivity index is 1.25. The molecule has 1 aliphatic carbocycles. The smallest absolute Gasteiger partial charge is 0.339 e. The molecule has 3 aromatic rings. The molecule has 1 aliphatic heterocycles. The van der Waals surface area contributed by atoms with Gasteiger partial charge >= 0.3 is 5.97 Å².